The molecule has 4 nitrogen and oxygen atoms in total. The summed E-state index contributed by atoms with van der Waals surface area (Å²) in [5.41, 5.74) is 1.99. The second kappa shape index (κ2) is 6.28. The van der Waals surface area contributed by atoms with Gasteiger partial charge >= 0.3 is 0 Å². The van der Waals surface area contributed by atoms with E-state index in [0.29, 0.717) is 18.0 Å². The predicted octanol–water partition coefficient (Wildman–Crippen LogP) is 3.88. The van der Waals surface area contributed by atoms with Gasteiger partial charge in [-0.2, -0.15) is 4.31 Å². The number of nitrogens with one attached hydrogen (secondary N) is 1. The van der Waals surface area contributed by atoms with Crippen molar-refractivity contribution in [1.82, 2.24) is 9.29 Å². The molecule has 0 aliphatic carbocycles. The molecular formula is C19H19FN2O2S. The van der Waals surface area contributed by atoms with Crippen LogP contribution in [-0.2, 0) is 10.0 Å². The van der Waals surface area contributed by atoms with Crippen LogP contribution in [0.15, 0.2) is 59.6 Å². The fraction of sp³-hybridized carbons (Fsp3) is 0.263. The van der Waals surface area contributed by atoms with E-state index in [4.69, 9.17) is 0 Å². The number of nitrogens with zero attached hydrogens (tertiary/aromatic N) is 1. The number of aromatic amines is 1. The van der Waals surface area contributed by atoms with E-state index in [1.807, 2.05) is 6.20 Å². The summed E-state index contributed by atoms with van der Waals surface area (Å²) < 4.78 is 40.5. The van der Waals surface area contributed by atoms with Gasteiger partial charge in [0.25, 0.3) is 0 Å². The van der Waals surface area contributed by atoms with Gasteiger partial charge < -0.3 is 4.98 Å². The Bertz CT molecular complexity index is 991. The molecule has 2 heterocycles. The Morgan fingerprint density at radius 2 is 1.76 bits per heavy atom. The van der Waals surface area contributed by atoms with Crippen LogP contribution in [0.1, 0.15) is 24.3 Å². The summed E-state index contributed by atoms with van der Waals surface area (Å²) in [6, 6.07) is 13.3. The summed E-state index contributed by atoms with van der Waals surface area (Å²) >= 11 is 0. The largest absolute Gasteiger partial charge is 0.361 e. The average molecular weight is 358 g/mol. The Balaban J connectivity index is 1.54. The number of halogens is 1. The highest BCUT2D eigenvalue weighted by Crippen LogP contribution is 2.34. The van der Waals surface area contributed by atoms with Gasteiger partial charge in [0.05, 0.1) is 4.90 Å². The number of piperidine rings is 1. The minimum absolute atomic E-state index is 0.234. The van der Waals surface area contributed by atoms with Gasteiger partial charge in [0.15, 0.2) is 0 Å². The fourth-order valence-corrected chi connectivity index (χ4v) is 5.09. The van der Waals surface area contributed by atoms with Crippen molar-refractivity contribution in [2.45, 2.75) is 23.7 Å². The highest BCUT2D eigenvalue weighted by Gasteiger charge is 2.30. The second-order valence-corrected chi connectivity index (χ2v) is 8.36. The Kier molecular flexibility index (Phi) is 4.09. The molecule has 0 saturated carbocycles. The van der Waals surface area contributed by atoms with E-state index in [1.54, 1.807) is 46.8 Å². The van der Waals surface area contributed by atoms with Gasteiger partial charge in [0.1, 0.15) is 5.82 Å². The Hall–Kier alpha value is -2.18. The number of rotatable bonds is 3. The monoisotopic (exact) mass is 358 g/mol. The zero-order valence-corrected chi connectivity index (χ0v) is 14.5. The summed E-state index contributed by atoms with van der Waals surface area (Å²) in [6.45, 7) is 0.952. The summed E-state index contributed by atoms with van der Waals surface area (Å²) in [7, 11) is -3.44. The Labute approximate surface area is 146 Å². The average Bonchev–Trinajstić information content (AvgIpc) is 3.05. The van der Waals surface area contributed by atoms with E-state index in [2.05, 4.69) is 4.98 Å². The number of H-pyrrole nitrogens is 1. The summed E-state index contributed by atoms with van der Waals surface area (Å²) in [5.74, 6) is -0.0183. The standard InChI is InChI=1S/C19H19FN2O2S/c20-15-6-7-19-17(12-15)18(13-21-19)14-8-10-22(11-9-14)25(23,24)16-4-2-1-3-5-16/h1-7,12-14,21H,8-11H2. The SMILES string of the molecule is O=S(=O)(c1ccccc1)N1CCC(c2c[nH]c3ccc(F)cc23)CC1. The molecule has 2 aromatic carbocycles. The topological polar surface area (TPSA) is 53.2 Å². The van der Waals surface area contributed by atoms with E-state index < -0.39 is 10.0 Å². The molecule has 1 saturated heterocycles. The smallest absolute Gasteiger partial charge is 0.243 e. The van der Waals surface area contributed by atoms with Crippen molar-refractivity contribution in [3.63, 3.8) is 0 Å². The highest BCUT2D eigenvalue weighted by molar-refractivity contribution is 7.89. The summed E-state index contributed by atoms with van der Waals surface area (Å²) in [4.78, 5) is 3.52. The zero-order valence-electron chi connectivity index (χ0n) is 13.7. The van der Waals surface area contributed by atoms with Crippen LogP contribution in [0.5, 0.6) is 0 Å². The van der Waals surface area contributed by atoms with Gasteiger partial charge in [-0.05, 0) is 54.7 Å². The third-order valence-electron chi connectivity index (χ3n) is 4.95. The van der Waals surface area contributed by atoms with E-state index >= 15 is 0 Å². The number of hydrogen-bond acceptors (Lipinski definition) is 2. The van der Waals surface area contributed by atoms with Crippen LogP contribution in [0.2, 0.25) is 0 Å². The lowest BCUT2D eigenvalue weighted by atomic mass is 9.90. The van der Waals surface area contributed by atoms with Crippen molar-refractivity contribution >= 4 is 20.9 Å². The molecule has 1 fully saturated rings. The number of sulfonamides is 1. The van der Waals surface area contributed by atoms with Gasteiger partial charge in [-0.3, -0.25) is 0 Å². The van der Waals surface area contributed by atoms with E-state index in [0.717, 1.165) is 29.3 Å². The van der Waals surface area contributed by atoms with Crippen molar-refractivity contribution < 1.29 is 12.8 Å². The molecule has 1 N–H and O–H groups in total. The molecule has 0 amide bonds. The van der Waals surface area contributed by atoms with Crippen LogP contribution in [0.4, 0.5) is 4.39 Å². The molecule has 0 bridgehead atoms. The van der Waals surface area contributed by atoms with Crippen LogP contribution < -0.4 is 0 Å². The van der Waals surface area contributed by atoms with Crippen molar-refractivity contribution in [2.24, 2.45) is 0 Å². The number of aromatic nitrogens is 1. The van der Waals surface area contributed by atoms with Gasteiger partial charge in [0, 0.05) is 30.2 Å². The van der Waals surface area contributed by atoms with Gasteiger partial charge in [-0.1, -0.05) is 18.2 Å². The molecule has 1 aromatic heterocycles. The molecule has 0 atom stereocenters. The van der Waals surface area contributed by atoms with E-state index in [-0.39, 0.29) is 11.7 Å². The first-order chi connectivity index (χ1) is 12.1. The van der Waals surface area contributed by atoms with Gasteiger partial charge in [-0.15, -0.1) is 0 Å². The summed E-state index contributed by atoms with van der Waals surface area (Å²) in [5, 5.41) is 0.893. The molecule has 0 radical (unpaired) electrons. The molecule has 0 unspecified atom stereocenters. The zero-order chi connectivity index (χ0) is 17.4. The van der Waals surface area contributed by atoms with Gasteiger partial charge in [0.2, 0.25) is 10.0 Å². The van der Waals surface area contributed by atoms with Crippen molar-refractivity contribution in [2.75, 3.05) is 13.1 Å². The molecular weight excluding hydrogens is 339 g/mol. The predicted molar refractivity (Wildman–Crippen MR) is 95.4 cm³/mol. The van der Waals surface area contributed by atoms with E-state index in [9.17, 15) is 12.8 Å². The number of hydrogen-bond donors (Lipinski definition) is 1. The maximum absolute atomic E-state index is 13.6. The number of fused-ring (bicyclic) bond motifs is 1. The van der Waals surface area contributed by atoms with Gasteiger partial charge in [-0.25, -0.2) is 12.8 Å². The van der Waals surface area contributed by atoms with Crippen molar-refractivity contribution in [1.29, 1.82) is 0 Å². The third-order valence-corrected chi connectivity index (χ3v) is 6.86. The minimum atomic E-state index is -3.44. The first-order valence-corrected chi connectivity index (χ1v) is 9.81. The minimum Gasteiger partial charge on any atom is -0.361 e. The van der Waals surface area contributed by atoms with E-state index in [1.165, 1.54) is 6.07 Å². The lowest BCUT2D eigenvalue weighted by Crippen LogP contribution is -2.37. The molecule has 6 heteroatoms. The molecule has 4 rings (SSSR count). The van der Waals surface area contributed by atoms with Crippen LogP contribution in [0, 0.1) is 5.82 Å². The Morgan fingerprint density at radius 1 is 1.04 bits per heavy atom. The van der Waals surface area contributed by atoms with Crippen molar-refractivity contribution in [3.8, 4) is 0 Å². The molecule has 3 aromatic rings. The fourth-order valence-electron chi connectivity index (χ4n) is 3.60. The quantitative estimate of drug-likeness (QED) is 0.773. The maximum atomic E-state index is 13.6. The van der Waals surface area contributed by atoms with Crippen molar-refractivity contribution in [3.05, 3.63) is 66.1 Å². The lowest BCUT2D eigenvalue weighted by Gasteiger charge is -2.31. The molecule has 1 aliphatic heterocycles. The molecule has 0 spiro atoms. The number of benzene rings is 2. The third kappa shape index (κ3) is 2.96. The van der Waals surface area contributed by atoms with Crippen LogP contribution >= 0.6 is 0 Å². The summed E-state index contributed by atoms with van der Waals surface area (Å²) in [6.07, 6.45) is 3.39. The molecule has 130 valence electrons. The first-order valence-electron chi connectivity index (χ1n) is 8.37. The normalized spacial score (nSPS) is 17.2. The second-order valence-electron chi connectivity index (χ2n) is 6.43. The Morgan fingerprint density at radius 3 is 2.48 bits per heavy atom. The highest BCUT2D eigenvalue weighted by atomic mass is 32.2. The van der Waals surface area contributed by atoms with Crippen LogP contribution in [0.3, 0.4) is 0 Å². The van der Waals surface area contributed by atoms with Crippen LogP contribution in [-0.4, -0.2) is 30.8 Å². The first kappa shape index (κ1) is 16.3. The lowest BCUT2D eigenvalue weighted by molar-refractivity contribution is 0.320. The molecule has 25 heavy (non-hydrogen) atoms. The maximum Gasteiger partial charge on any atom is 0.243 e. The molecule has 1 aliphatic rings. The van der Waals surface area contributed by atoms with Crippen LogP contribution in [0.25, 0.3) is 10.9 Å².